The van der Waals surface area contributed by atoms with E-state index in [0.29, 0.717) is 17.1 Å². The van der Waals surface area contributed by atoms with Gasteiger partial charge in [0.25, 0.3) is 0 Å². The molecule has 0 aliphatic heterocycles. The first-order valence-corrected chi connectivity index (χ1v) is 11.8. The van der Waals surface area contributed by atoms with E-state index >= 15 is 0 Å². The van der Waals surface area contributed by atoms with Crippen LogP contribution in [-0.2, 0) is 14.6 Å². The van der Waals surface area contributed by atoms with Crippen LogP contribution in [0.5, 0.6) is 11.5 Å². The molecule has 1 amide bonds. The normalized spacial score (nSPS) is 10.9. The standard InChI is InChI=1S/C22H21IN2O5S/c1-29-17-12-19(24-14-21(26)25-16-10-8-15(23)9-11-16)22(30-2)20(13-17)31(27,28)18-6-4-3-5-7-18/h3-13,24H,14H2,1-2H3,(H,25,26). The summed E-state index contributed by atoms with van der Waals surface area (Å²) >= 11 is 2.18. The Hall–Kier alpha value is -2.79. The van der Waals surface area contributed by atoms with E-state index in [0.717, 1.165) is 3.57 Å². The fraction of sp³-hybridized carbons (Fsp3) is 0.136. The first kappa shape index (κ1) is 22.9. The fourth-order valence-electron chi connectivity index (χ4n) is 2.88. The average Bonchev–Trinajstić information content (AvgIpc) is 2.79. The first-order valence-electron chi connectivity index (χ1n) is 9.20. The van der Waals surface area contributed by atoms with Gasteiger partial charge < -0.3 is 20.1 Å². The smallest absolute Gasteiger partial charge is 0.243 e. The number of amides is 1. The van der Waals surface area contributed by atoms with Crippen LogP contribution in [0.25, 0.3) is 0 Å². The van der Waals surface area contributed by atoms with E-state index in [4.69, 9.17) is 9.47 Å². The average molecular weight is 552 g/mol. The third-order valence-corrected chi connectivity index (χ3v) is 6.87. The molecule has 31 heavy (non-hydrogen) atoms. The van der Waals surface area contributed by atoms with Crippen molar-refractivity contribution in [3.8, 4) is 11.5 Å². The number of hydrogen-bond acceptors (Lipinski definition) is 6. The maximum Gasteiger partial charge on any atom is 0.243 e. The second kappa shape index (κ2) is 10.0. The van der Waals surface area contributed by atoms with Crippen molar-refractivity contribution in [2.24, 2.45) is 0 Å². The Morgan fingerprint density at radius 1 is 0.968 bits per heavy atom. The summed E-state index contributed by atoms with van der Waals surface area (Å²) in [6.07, 6.45) is 0. The zero-order valence-electron chi connectivity index (χ0n) is 16.9. The monoisotopic (exact) mass is 552 g/mol. The van der Waals surface area contributed by atoms with Crippen molar-refractivity contribution < 1.29 is 22.7 Å². The number of anilines is 2. The largest absolute Gasteiger partial charge is 0.497 e. The molecule has 0 heterocycles. The highest BCUT2D eigenvalue weighted by Crippen LogP contribution is 2.39. The van der Waals surface area contributed by atoms with E-state index in [-0.39, 0.29) is 28.0 Å². The summed E-state index contributed by atoms with van der Waals surface area (Å²) in [7, 11) is -1.06. The van der Waals surface area contributed by atoms with Crippen LogP contribution in [0.3, 0.4) is 0 Å². The highest BCUT2D eigenvalue weighted by molar-refractivity contribution is 14.1. The molecule has 2 N–H and O–H groups in total. The SMILES string of the molecule is COc1cc(NCC(=O)Nc2ccc(I)cc2)c(OC)c(S(=O)(=O)c2ccccc2)c1. The molecule has 0 spiro atoms. The van der Waals surface area contributed by atoms with Gasteiger partial charge in [0.1, 0.15) is 10.6 Å². The summed E-state index contributed by atoms with van der Waals surface area (Å²) in [6, 6.07) is 18.4. The van der Waals surface area contributed by atoms with Crippen LogP contribution in [-0.4, -0.2) is 35.1 Å². The topological polar surface area (TPSA) is 93.7 Å². The number of rotatable bonds is 8. The van der Waals surface area contributed by atoms with Crippen LogP contribution in [0.2, 0.25) is 0 Å². The van der Waals surface area contributed by atoms with Gasteiger partial charge in [-0.3, -0.25) is 4.79 Å². The summed E-state index contributed by atoms with van der Waals surface area (Å²) in [4.78, 5) is 12.4. The third kappa shape index (κ3) is 5.47. The van der Waals surface area contributed by atoms with Crippen LogP contribution >= 0.6 is 22.6 Å². The van der Waals surface area contributed by atoms with Gasteiger partial charge in [0.15, 0.2) is 5.75 Å². The van der Waals surface area contributed by atoms with Crippen LogP contribution in [0.15, 0.2) is 76.5 Å². The van der Waals surface area contributed by atoms with Crippen molar-refractivity contribution in [3.63, 3.8) is 0 Å². The number of carbonyl (C=O) groups excluding carboxylic acids is 1. The van der Waals surface area contributed by atoms with Crippen molar-refractivity contribution in [2.75, 3.05) is 31.4 Å². The number of hydrogen-bond donors (Lipinski definition) is 2. The second-order valence-corrected chi connectivity index (χ2v) is 9.60. The summed E-state index contributed by atoms with van der Waals surface area (Å²) in [6.45, 7) is -0.0969. The molecule has 0 saturated carbocycles. The molecule has 3 aromatic rings. The van der Waals surface area contributed by atoms with Gasteiger partial charge in [-0.05, 0) is 59.0 Å². The van der Waals surface area contributed by atoms with Gasteiger partial charge in [-0.2, -0.15) is 0 Å². The van der Waals surface area contributed by atoms with Gasteiger partial charge >= 0.3 is 0 Å². The van der Waals surface area contributed by atoms with E-state index < -0.39 is 9.84 Å². The van der Waals surface area contributed by atoms with Crippen LogP contribution in [0, 0.1) is 3.57 Å². The molecule has 0 atom stereocenters. The van der Waals surface area contributed by atoms with Gasteiger partial charge in [-0.25, -0.2) is 8.42 Å². The Bertz CT molecular complexity index is 1170. The van der Waals surface area contributed by atoms with Crippen molar-refractivity contribution in [3.05, 3.63) is 70.3 Å². The molecular weight excluding hydrogens is 531 g/mol. The second-order valence-electron chi connectivity index (χ2n) is 6.43. The Labute approximate surface area is 194 Å². The lowest BCUT2D eigenvalue weighted by Gasteiger charge is -2.17. The first-order chi connectivity index (χ1) is 14.8. The molecule has 0 fully saturated rings. The molecule has 3 rings (SSSR count). The van der Waals surface area contributed by atoms with E-state index in [9.17, 15) is 13.2 Å². The lowest BCUT2D eigenvalue weighted by atomic mass is 10.2. The molecule has 0 aromatic heterocycles. The fourth-order valence-corrected chi connectivity index (χ4v) is 4.71. The number of halogens is 1. The van der Waals surface area contributed by atoms with Gasteiger partial charge in [0, 0.05) is 21.4 Å². The number of methoxy groups -OCH3 is 2. The molecule has 162 valence electrons. The maximum absolute atomic E-state index is 13.2. The predicted octanol–water partition coefficient (Wildman–Crippen LogP) is 4.19. The number of ether oxygens (including phenoxy) is 2. The molecule has 0 aliphatic carbocycles. The van der Waals surface area contributed by atoms with Gasteiger partial charge in [-0.15, -0.1) is 0 Å². The number of carbonyl (C=O) groups is 1. The minimum absolute atomic E-state index is 0.0545. The molecule has 0 bridgehead atoms. The van der Waals surface area contributed by atoms with Gasteiger partial charge in [0.05, 0.1) is 31.3 Å². The minimum Gasteiger partial charge on any atom is -0.497 e. The molecule has 0 aliphatic rings. The lowest BCUT2D eigenvalue weighted by Crippen LogP contribution is -2.22. The van der Waals surface area contributed by atoms with E-state index in [1.807, 2.05) is 12.1 Å². The number of sulfone groups is 1. The van der Waals surface area contributed by atoms with Gasteiger partial charge in [-0.1, -0.05) is 18.2 Å². The number of nitrogens with one attached hydrogen (secondary N) is 2. The highest BCUT2D eigenvalue weighted by Gasteiger charge is 2.26. The lowest BCUT2D eigenvalue weighted by molar-refractivity contribution is -0.114. The Morgan fingerprint density at radius 2 is 1.65 bits per heavy atom. The summed E-state index contributed by atoms with van der Waals surface area (Å²) < 4.78 is 38.1. The maximum atomic E-state index is 13.2. The Kier molecular flexibility index (Phi) is 7.39. The molecule has 0 saturated heterocycles. The zero-order valence-corrected chi connectivity index (χ0v) is 19.9. The van der Waals surface area contributed by atoms with Crippen molar-refractivity contribution >= 4 is 49.7 Å². The zero-order chi connectivity index (χ0) is 22.4. The van der Waals surface area contributed by atoms with Crippen molar-refractivity contribution in [1.82, 2.24) is 0 Å². The molecule has 0 unspecified atom stereocenters. The Morgan fingerprint density at radius 3 is 2.26 bits per heavy atom. The number of benzene rings is 3. The summed E-state index contributed by atoms with van der Waals surface area (Å²) in [5.74, 6) is 0.126. The van der Waals surface area contributed by atoms with Crippen LogP contribution in [0.4, 0.5) is 11.4 Å². The predicted molar refractivity (Wildman–Crippen MR) is 128 cm³/mol. The van der Waals surface area contributed by atoms with Crippen LogP contribution < -0.4 is 20.1 Å². The van der Waals surface area contributed by atoms with E-state index in [1.165, 1.54) is 32.4 Å². The van der Waals surface area contributed by atoms with Crippen molar-refractivity contribution in [2.45, 2.75) is 9.79 Å². The van der Waals surface area contributed by atoms with Gasteiger partial charge in [0.2, 0.25) is 15.7 Å². The molecule has 0 radical (unpaired) electrons. The third-order valence-electron chi connectivity index (χ3n) is 4.38. The molecule has 3 aromatic carbocycles. The van der Waals surface area contributed by atoms with Crippen molar-refractivity contribution in [1.29, 1.82) is 0 Å². The highest BCUT2D eigenvalue weighted by atomic mass is 127. The summed E-state index contributed by atoms with van der Waals surface area (Å²) in [5, 5.41) is 5.73. The van der Waals surface area contributed by atoms with E-state index in [1.54, 1.807) is 36.4 Å². The van der Waals surface area contributed by atoms with E-state index in [2.05, 4.69) is 33.2 Å². The minimum atomic E-state index is -3.87. The Balaban J connectivity index is 1.89. The molecule has 9 heteroatoms. The summed E-state index contributed by atoms with van der Waals surface area (Å²) in [5.41, 5.74) is 0.992. The molecule has 7 nitrogen and oxygen atoms in total. The van der Waals surface area contributed by atoms with Crippen LogP contribution in [0.1, 0.15) is 0 Å². The molecular formula is C22H21IN2O5S. The quantitative estimate of drug-likeness (QED) is 0.408.